The zero-order valence-corrected chi connectivity index (χ0v) is 38.5. The van der Waals surface area contributed by atoms with Crippen molar-refractivity contribution in [2.24, 2.45) is 0 Å². The molecule has 0 saturated carbocycles. The molecular formula is C53H90O6. The molecular weight excluding hydrogens is 733 g/mol. The summed E-state index contributed by atoms with van der Waals surface area (Å²) in [4.78, 5) is 37.8. The maximum absolute atomic E-state index is 12.7. The van der Waals surface area contributed by atoms with Gasteiger partial charge in [0.1, 0.15) is 13.2 Å². The molecule has 1 atom stereocenters. The summed E-state index contributed by atoms with van der Waals surface area (Å²) in [6.45, 7) is 6.49. The van der Waals surface area contributed by atoms with Crippen molar-refractivity contribution in [3.05, 3.63) is 72.9 Å². The maximum atomic E-state index is 12.7. The van der Waals surface area contributed by atoms with Crippen molar-refractivity contribution < 1.29 is 28.6 Å². The number of hydrogen-bond acceptors (Lipinski definition) is 6. The quantitative estimate of drug-likeness (QED) is 0.0200. The molecule has 0 aromatic carbocycles. The number of rotatable bonds is 43. The number of allylic oxidation sites excluding steroid dienone is 12. The Morgan fingerprint density at radius 3 is 1.15 bits per heavy atom. The normalized spacial score (nSPS) is 12.7. The van der Waals surface area contributed by atoms with Crippen LogP contribution in [0.4, 0.5) is 0 Å². The lowest BCUT2D eigenvalue weighted by Gasteiger charge is -2.18. The zero-order valence-electron chi connectivity index (χ0n) is 38.5. The molecule has 1 unspecified atom stereocenters. The van der Waals surface area contributed by atoms with Gasteiger partial charge in [0.05, 0.1) is 0 Å². The van der Waals surface area contributed by atoms with E-state index in [4.69, 9.17) is 14.2 Å². The van der Waals surface area contributed by atoms with E-state index in [0.717, 1.165) is 77.0 Å². The van der Waals surface area contributed by atoms with Gasteiger partial charge in [-0.2, -0.15) is 0 Å². The lowest BCUT2D eigenvalue weighted by atomic mass is 10.1. The van der Waals surface area contributed by atoms with E-state index in [1.807, 2.05) is 0 Å². The number of carbonyl (C=O) groups excluding carboxylic acids is 3. The van der Waals surface area contributed by atoms with Crippen LogP contribution in [-0.2, 0) is 28.6 Å². The summed E-state index contributed by atoms with van der Waals surface area (Å²) in [5.74, 6) is -0.972. The van der Waals surface area contributed by atoms with E-state index in [9.17, 15) is 14.4 Å². The molecule has 0 spiro atoms. The topological polar surface area (TPSA) is 78.9 Å². The van der Waals surface area contributed by atoms with Crippen molar-refractivity contribution in [1.82, 2.24) is 0 Å². The molecule has 0 fully saturated rings. The highest BCUT2D eigenvalue weighted by atomic mass is 16.6. The second-order valence-corrected chi connectivity index (χ2v) is 16.0. The minimum absolute atomic E-state index is 0.0966. The Hall–Kier alpha value is -3.15. The van der Waals surface area contributed by atoms with Gasteiger partial charge >= 0.3 is 17.9 Å². The molecule has 59 heavy (non-hydrogen) atoms. The van der Waals surface area contributed by atoms with E-state index >= 15 is 0 Å². The predicted molar refractivity (Wildman–Crippen MR) is 251 cm³/mol. The monoisotopic (exact) mass is 823 g/mol. The molecule has 0 aliphatic carbocycles. The standard InChI is InChI=1S/C53H90O6/c1-4-7-10-13-16-19-21-23-25-26-28-29-31-34-37-40-43-46-52(55)58-49-50(48-57-51(54)45-42-39-36-33-18-15-12-9-6-3)59-53(56)47-44-41-38-35-32-30-27-24-22-20-17-14-11-8-5-2/h16-17,19-20,22-25,28-29,34,37,50H,4-15,18,21,26-27,30-33,35-36,38-49H2,1-3H3/b19-16-,20-17-,24-22-,25-23-,29-28-,37-34-. The van der Waals surface area contributed by atoms with Crippen molar-refractivity contribution in [2.75, 3.05) is 13.2 Å². The minimum Gasteiger partial charge on any atom is -0.462 e. The van der Waals surface area contributed by atoms with E-state index in [2.05, 4.69) is 93.7 Å². The predicted octanol–water partition coefficient (Wildman–Crippen LogP) is 15.9. The fourth-order valence-corrected chi connectivity index (χ4v) is 6.48. The third kappa shape index (κ3) is 45.8. The van der Waals surface area contributed by atoms with Crippen LogP contribution in [0.2, 0.25) is 0 Å². The highest BCUT2D eigenvalue weighted by molar-refractivity contribution is 5.71. The number of ether oxygens (including phenoxy) is 3. The Morgan fingerprint density at radius 1 is 0.356 bits per heavy atom. The summed E-state index contributed by atoms with van der Waals surface area (Å²) in [5.41, 5.74) is 0. The van der Waals surface area contributed by atoms with Crippen LogP contribution < -0.4 is 0 Å². The average Bonchev–Trinajstić information content (AvgIpc) is 3.23. The number of carbonyl (C=O) groups is 3. The third-order valence-corrected chi connectivity index (χ3v) is 10.2. The van der Waals surface area contributed by atoms with Crippen LogP contribution in [0.25, 0.3) is 0 Å². The summed E-state index contributed by atoms with van der Waals surface area (Å²) >= 11 is 0. The highest BCUT2D eigenvalue weighted by Gasteiger charge is 2.19. The van der Waals surface area contributed by atoms with E-state index < -0.39 is 6.10 Å². The lowest BCUT2D eigenvalue weighted by Crippen LogP contribution is -2.30. The highest BCUT2D eigenvalue weighted by Crippen LogP contribution is 2.13. The van der Waals surface area contributed by atoms with Gasteiger partial charge in [0.2, 0.25) is 0 Å². The lowest BCUT2D eigenvalue weighted by molar-refractivity contribution is -0.167. The smallest absolute Gasteiger partial charge is 0.306 e. The molecule has 0 aliphatic heterocycles. The molecule has 0 amide bonds. The maximum Gasteiger partial charge on any atom is 0.306 e. The molecule has 6 heteroatoms. The van der Waals surface area contributed by atoms with Crippen molar-refractivity contribution in [2.45, 2.75) is 232 Å². The first-order valence-corrected chi connectivity index (χ1v) is 24.5. The van der Waals surface area contributed by atoms with Crippen molar-refractivity contribution in [3.8, 4) is 0 Å². The number of esters is 3. The van der Waals surface area contributed by atoms with Crippen molar-refractivity contribution in [3.63, 3.8) is 0 Å². The Balaban J connectivity index is 4.46. The first kappa shape index (κ1) is 55.9. The van der Waals surface area contributed by atoms with E-state index in [0.29, 0.717) is 19.3 Å². The van der Waals surface area contributed by atoms with Crippen LogP contribution >= 0.6 is 0 Å². The molecule has 0 saturated heterocycles. The largest absolute Gasteiger partial charge is 0.462 e. The fourth-order valence-electron chi connectivity index (χ4n) is 6.48. The van der Waals surface area contributed by atoms with E-state index in [1.165, 1.54) is 103 Å². The molecule has 338 valence electrons. The molecule has 6 nitrogen and oxygen atoms in total. The Labute approximate surface area is 363 Å². The Bertz CT molecular complexity index is 1130. The molecule has 0 bridgehead atoms. The average molecular weight is 823 g/mol. The Kier molecular flexibility index (Phi) is 45.0. The van der Waals surface area contributed by atoms with Gasteiger partial charge < -0.3 is 14.2 Å². The van der Waals surface area contributed by atoms with Crippen LogP contribution in [0.1, 0.15) is 226 Å². The van der Waals surface area contributed by atoms with Gasteiger partial charge in [0.15, 0.2) is 6.10 Å². The fraction of sp³-hybridized carbons (Fsp3) is 0.717. The second-order valence-electron chi connectivity index (χ2n) is 16.0. The van der Waals surface area contributed by atoms with Crippen LogP contribution in [0, 0.1) is 0 Å². The number of unbranched alkanes of at least 4 members (excludes halogenated alkanes) is 21. The molecule has 0 rings (SSSR count). The zero-order chi connectivity index (χ0) is 43.0. The molecule has 0 aliphatic rings. The molecule has 0 heterocycles. The van der Waals surface area contributed by atoms with Gasteiger partial charge in [-0.3, -0.25) is 14.4 Å². The summed E-state index contributed by atoms with van der Waals surface area (Å²) in [6.07, 6.45) is 58.9. The molecule has 0 aromatic heterocycles. The van der Waals surface area contributed by atoms with Gasteiger partial charge in [-0.1, -0.05) is 196 Å². The number of hydrogen-bond donors (Lipinski definition) is 0. The first-order valence-electron chi connectivity index (χ1n) is 24.5. The summed E-state index contributed by atoms with van der Waals surface area (Å²) in [7, 11) is 0. The van der Waals surface area contributed by atoms with Crippen LogP contribution in [0.15, 0.2) is 72.9 Å². The minimum atomic E-state index is -0.800. The van der Waals surface area contributed by atoms with Crippen molar-refractivity contribution in [1.29, 1.82) is 0 Å². The Morgan fingerprint density at radius 2 is 0.678 bits per heavy atom. The molecule has 0 aromatic rings. The van der Waals surface area contributed by atoms with Crippen LogP contribution in [-0.4, -0.2) is 37.2 Å². The van der Waals surface area contributed by atoms with Gasteiger partial charge in [-0.05, 0) is 83.5 Å². The van der Waals surface area contributed by atoms with Crippen LogP contribution in [0.5, 0.6) is 0 Å². The van der Waals surface area contributed by atoms with Crippen molar-refractivity contribution >= 4 is 17.9 Å². The van der Waals surface area contributed by atoms with Gasteiger partial charge in [0, 0.05) is 19.3 Å². The second kappa shape index (κ2) is 47.5. The SMILES string of the molecule is CCCCC/C=C\C=C/CCCCCCCCC(=O)OC(COC(=O)CCC/C=C\C/C=C\C/C=C\C/C=C\CCCCC)COC(=O)CCCCCCCCCCC. The van der Waals surface area contributed by atoms with E-state index in [1.54, 1.807) is 0 Å². The first-order chi connectivity index (χ1) is 29.0. The summed E-state index contributed by atoms with van der Waals surface area (Å²) < 4.78 is 16.7. The molecule has 0 radical (unpaired) electrons. The van der Waals surface area contributed by atoms with Gasteiger partial charge in [0.25, 0.3) is 0 Å². The van der Waals surface area contributed by atoms with Crippen LogP contribution in [0.3, 0.4) is 0 Å². The summed E-state index contributed by atoms with van der Waals surface area (Å²) in [6, 6.07) is 0. The third-order valence-electron chi connectivity index (χ3n) is 10.2. The summed E-state index contributed by atoms with van der Waals surface area (Å²) in [5, 5.41) is 0. The van der Waals surface area contributed by atoms with Gasteiger partial charge in [-0.25, -0.2) is 0 Å². The van der Waals surface area contributed by atoms with Gasteiger partial charge in [-0.15, -0.1) is 0 Å². The van der Waals surface area contributed by atoms with E-state index in [-0.39, 0.29) is 37.5 Å². The molecule has 0 N–H and O–H groups in total.